The zero-order valence-electron chi connectivity index (χ0n) is 9.55. The number of hydrogen-bond acceptors (Lipinski definition) is 3. The summed E-state index contributed by atoms with van der Waals surface area (Å²) < 4.78 is 40.3. The Morgan fingerprint density at radius 2 is 2.06 bits per heavy atom. The molecular formula is C10H14BrFN2O2S. The second kappa shape index (κ2) is 5.90. The van der Waals surface area contributed by atoms with Crippen LogP contribution in [0, 0.1) is 5.82 Å². The number of benzene rings is 1. The van der Waals surface area contributed by atoms with E-state index < -0.39 is 15.8 Å². The zero-order chi connectivity index (χ0) is 13.1. The van der Waals surface area contributed by atoms with Crippen molar-refractivity contribution in [3.05, 3.63) is 28.0 Å². The van der Waals surface area contributed by atoms with E-state index in [-0.39, 0.29) is 18.0 Å². The van der Waals surface area contributed by atoms with E-state index in [2.05, 4.69) is 26.0 Å². The van der Waals surface area contributed by atoms with Crippen molar-refractivity contribution in [3.8, 4) is 0 Å². The quantitative estimate of drug-likeness (QED) is 0.865. The molecule has 0 aliphatic carbocycles. The number of rotatable bonds is 5. The molecule has 0 heterocycles. The van der Waals surface area contributed by atoms with Crippen molar-refractivity contribution in [1.29, 1.82) is 0 Å². The van der Waals surface area contributed by atoms with Crippen LogP contribution in [0.15, 0.2) is 21.5 Å². The first-order valence-electron chi connectivity index (χ1n) is 5.04. The van der Waals surface area contributed by atoms with Gasteiger partial charge in [0.2, 0.25) is 10.0 Å². The number of hydrogen-bond donors (Lipinski definition) is 2. The fourth-order valence-electron chi connectivity index (χ4n) is 1.40. The highest BCUT2D eigenvalue weighted by Gasteiger charge is 2.21. The van der Waals surface area contributed by atoms with Crippen molar-refractivity contribution in [2.45, 2.75) is 18.4 Å². The lowest BCUT2D eigenvalue weighted by Crippen LogP contribution is -2.25. The summed E-state index contributed by atoms with van der Waals surface area (Å²) in [7, 11) is -2.12. The van der Waals surface area contributed by atoms with Crippen molar-refractivity contribution in [1.82, 2.24) is 10.0 Å². The third kappa shape index (κ3) is 3.48. The van der Waals surface area contributed by atoms with Crippen molar-refractivity contribution >= 4 is 26.0 Å². The molecule has 0 aromatic heterocycles. The predicted molar refractivity (Wildman–Crippen MR) is 67.7 cm³/mol. The highest BCUT2D eigenvalue weighted by molar-refractivity contribution is 9.10. The molecule has 0 radical (unpaired) electrons. The van der Waals surface area contributed by atoms with Crippen LogP contribution in [-0.4, -0.2) is 22.0 Å². The Labute approximate surface area is 109 Å². The molecule has 0 aliphatic rings. The predicted octanol–water partition coefficient (Wildman–Crippen LogP) is 1.61. The van der Waals surface area contributed by atoms with E-state index >= 15 is 0 Å². The van der Waals surface area contributed by atoms with Gasteiger partial charge >= 0.3 is 0 Å². The van der Waals surface area contributed by atoms with Gasteiger partial charge in [0.05, 0.1) is 0 Å². The van der Waals surface area contributed by atoms with Gasteiger partial charge in [-0.2, -0.15) is 0 Å². The molecule has 2 N–H and O–H groups in total. The fraction of sp³-hybridized carbons (Fsp3) is 0.400. The fourth-order valence-corrected chi connectivity index (χ4v) is 3.24. The number of halogens is 2. The van der Waals surface area contributed by atoms with Crippen LogP contribution in [-0.2, 0) is 16.6 Å². The first kappa shape index (κ1) is 14.6. The average Bonchev–Trinajstić information content (AvgIpc) is 2.23. The smallest absolute Gasteiger partial charge is 0.243 e. The molecule has 96 valence electrons. The third-order valence-corrected chi connectivity index (χ3v) is 4.07. The normalized spacial score (nSPS) is 11.8. The van der Waals surface area contributed by atoms with Crippen molar-refractivity contribution in [2.24, 2.45) is 0 Å². The molecule has 0 unspecified atom stereocenters. The summed E-state index contributed by atoms with van der Waals surface area (Å²) in [5.74, 6) is -0.719. The average molecular weight is 325 g/mol. The minimum absolute atomic E-state index is 0.218. The standard InChI is InChI=1S/C10H14BrFN2O2S/c1-3-14-17(15,16)9-5-8(11)4-7(6-13-2)10(9)12/h4-5,13-14H,3,6H2,1-2H3. The van der Waals surface area contributed by atoms with Crippen LogP contribution in [0.25, 0.3) is 0 Å². The maximum absolute atomic E-state index is 14.0. The summed E-state index contributed by atoms with van der Waals surface area (Å²) >= 11 is 3.17. The maximum Gasteiger partial charge on any atom is 0.243 e. The van der Waals surface area contributed by atoms with Crippen LogP contribution in [0.4, 0.5) is 4.39 Å². The Kier molecular flexibility index (Phi) is 5.05. The van der Waals surface area contributed by atoms with E-state index in [4.69, 9.17) is 0 Å². The molecule has 0 bridgehead atoms. The zero-order valence-corrected chi connectivity index (χ0v) is 12.0. The molecule has 7 heteroatoms. The van der Waals surface area contributed by atoms with Crippen LogP contribution in [0.5, 0.6) is 0 Å². The molecule has 0 saturated heterocycles. The molecule has 0 aliphatic heterocycles. The van der Waals surface area contributed by atoms with Crippen LogP contribution < -0.4 is 10.0 Å². The Balaban J connectivity index is 3.34. The van der Waals surface area contributed by atoms with Gasteiger partial charge in [-0.3, -0.25) is 0 Å². The number of sulfonamides is 1. The van der Waals surface area contributed by atoms with Crippen molar-refractivity contribution in [3.63, 3.8) is 0 Å². The van der Waals surface area contributed by atoms with Crippen LogP contribution >= 0.6 is 15.9 Å². The van der Waals surface area contributed by atoms with Gasteiger partial charge in [-0.05, 0) is 19.2 Å². The van der Waals surface area contributed by atoms with Crippen molar-refractivity contribution < 1.29 is 12.8 Å². The Morgan fingerprint density at radius 3 is 2.59 bits per heavy atom. The SMILES string of the molecule is CCNS(=O)(=O)c1cc(Br)cc(CNC)c1F. The molecule has 1 aromatic carbocycles. The Bertz CT molecular complexity index is 505. The molecule has 0 spiro atoms. The first-order valence-corrected chi connectivity index (χ1v) is 7.32. The highest BCUT2D eigenvalue weighted by Crippen LogP contribution is 2.23. The van der Waals surface area contributed by atoms with Gasteiger partial charge in [0.1, 0.15) is 10.7 Å². The monoisotopic (exact) mass is 324 g/mol. The van der Waals surface area contributed by atoms with E-state index in [0.29, 0.717) is 10.0 Å². The molecule has 0 saturated carbocycles. The van der Waals surface area contributed by atoms with Gasteiger partial charge < -0.3 is 5.32 Å². The molecule has 1 aromatic rings. The second-order valence-corrected chi connectivity index (χ2v) is 6.06. The van der Waals surface area contributed by atoms with Gasteiger partial charge in [0, 0.05) is 23.1 Å². The molecule has 17 heavy (non-hydrogen) atoms. The lowest BCUT2D eigenvalue weighted by molar-refractivity contribution is 0.547. The topological polar surface area (TPSA) is 58.2 Å². The molecular weight excluding hydrogens is 311 g/mol. The van der Waals surface area contributed by atoms with Crippen molar-refractivity contribution in [2.75, 3.05) is 13.6 Å². The van der Waals surface area contributed by atoms with E-state index in [1.807, 2.05) is 0 Å². The van der Waals surface area contributed by atoms with E-state index in [0.717, 1.165) is 0 Å². The van der Waals surface area contributed by atoms with Crippen LogP contribution in [0.1, 0.15) is 12.5 Å². The molecule has 0 atom stereocenters. The van der Waals surface area contributed by atoms with E-state index in [9.17, 15) is 12.8 Å². The van der Waals surface area contributed by atoms with Gasteiger partial charge in [0.25, 0.3) is 0 Å². The maximum atomic E-state index is 14.0. The summed E-state index contributed by atoms with van der Waals surface area (Å²) in [6.45, 7) is 2.12. The molecule has 0 amide bonds. The lowest BCUT2D eigenvalue weighted by atomic mass is 10.2. The summed E-state index contributed by atoms with van der Waals surface area (Å²) in [5.41, 5.74) is 0.304. The van der Waals surface area contributed by atoms with Gasteiger partial charge in [-0.15, -0.1) is 0 Å². The van der Waals surface area contributed by atoms with Crippen LogP contribution in [0.3, 0.4) is 0 Å². The summed E-state index contributed by atoms with van der Waals surface area (Å²) in [6, 6.07) is 2.81. The highest BCUT2D eigenvalue weighted by atomic mass is 79.9. The third-order valence-electron chi connectivity index (χ3n) is 2.07. The summed E-state index contributed by atoms with van der Waals surface area (Å²) in [6.07, 6.45) is 0. The minimum Gasteiger partial charge on any atom is -0.316 e. The minimum atomic E-state index is -3.79. The lowest BCUT2D eigenvalue weighted by Gasteiger charge is -2.10. The molecule has 4 nitrogen and oxygen atoms in total. The molecule has 0 fully saturated rings. The Morgan fingerprint density at radius 1 is 1.41 bits per heavy atom. The first-order chi connectivity index (χ1) is 7.92. The summed E-state index contributed by atoms with van der Waals surface area (Å²) in [5, 5.41) is 2.79. The van der Waals surface area contributed by atoms with E-state index in [1.54, 1.807) is 20.0 Å². The molecule has 1 rings (SSSR count). The Hall–Kier alpha value is -0.500. The van der Waals surface area contributed by atoms with Gasteiger partial charge in [-0.25, -0.2) is 17.5 Å². The second-order valence-electron chi connectivity index (χ2n) is 3.41. The van der Waals surface area contributed by atoms with Crippen LogP contribution in [0.2, 0.25) is 0 Å². The van der Waals surface area contributed by atoms with Gasteiger partial charge in [0.15, 0.2) is 0 Å². The number of nitrogens with one attached hydrogen (secondary N) is 2. The van der Waals surface area contributed by atoms with Gasteiger partial charge in [-0.1, -0.05) is 22.9 Å². The van der Waals surface area contributed by atoms with E-state index in [1.165, 1.54) is 6.07 Å². The largest absolute Gasteiger partial charge is 0.316 e. The summed E-state index contributed by atoms with van der Waals surface area (Å²) in [4.78, 5) is -0.334.